The summed E-state index contributed by atoms with van der Waals surface area (Å²) in [6, 6.07) is -0.176. The zero-order valence-electron chi connectivity index (χ0n) is 12.7. The molecule has 0 aromatic carbocycles. The van der Waals surface area contributed by atoms with Gasteiger partial charge in [-0.25, -0.2) is 0 Å². The molecule has 0 rings (SSSR count). The van der Waals surface area contributed by atoms with Crippen LogP contribution in [0.15, 0.2) is 0 Å². The van der Waals surface area contributed by atoms with E-state index < -0.39 is 5.91 Å². The number of primary amides is 1. The van der Waals surface area contributed by atoms with Crippen LogP contribution in [-0.4, -0.2) is 35.8 Å². The lowest BCUT2D eigenvalue weighted by Crippen LogP contribution is -2.42. The lowest BCUT2D eigenvalue weighted by molar-refractivity contribution is -0.135. The number of nitrogens with two attached hydrogens (primary N) is 2. The number of hydrogen-bond acceptors (Lipinski definition) is 3. The van der Waals surface area contributed by atoms with Crippen molar-refractivity contribution in [2.24, 2.45) is 16.9 Å². The van der Waals surface area contributed by atoms with Crippen molar-refractivity contribution in [2.45, 2.75) is 59.4 Å². The summed E-state index contributed by atoms with van der Waals surface area (Å²) in [5.74, 6) is -0.558. The van der Waals surface area contributed by atoms with Crippen LogP contribution in [0.3, 0.4) is 0 Å². The predicted octanol–water partition coefficient (Wildman–Crippen LogP) is 1.25. The smallest absolute Gasteiger partial charge is 0.237 e. The first-order chi connectivity index (χ1) is 8.65. The third-order valence-corrected chi connectivity index (χ3v) is 2.79. The normalized spacial score (nSPS) is 13.1. The molecule has 0 bridgehead atoms. The van der Waals surface area contributed by atoms with E-state index in [1.54, 1.807) is 0 Å². The summed E-state index contributed by atoms with van der Waals surface area (Å²) in [4.78, 5) is 24.6. The van der Waals surface area contributed by atoms with Gasteiger partial charge in [0.2, 0.25) is 11.8 Å². The van der Waals surface area contributed by atoms with Crippen LogP contribution in [0.5, 0.6) is 0 Å². The average molecular weight is 271 g/mol. The highest BCUT2D eigenvalue weighted by molar-refractivity contribution is 5.84. The van der Waals surface area contributed by atoms with Crippen molar-refractivity contribution in [2.75, 3.05) is 13.1 Å². The fourth-order valence-electron chi connectivity index (χ4n) is 2.04. The molecule has 0 saturated heterocycles. The highest BCUT2D eigenvalue weighted by Gasteiger charge is 2.21. The SMILES string of the molecule is CCCCN(CC(N)=O)C(=O)CC(N)CC(C)(C)C. The van der Waals surface area contributed by atoms with Gasteiger partial charge in [-0.05, 0) is 18.3 Å². The lowest BCUT2D eigenvalue weighted by atomic mass is 9.87. The van der Waals surface area contributed by atoms with E-state index in [4.69, 9.17) is 11.5 Å². The van der Waals surface area contributed by atoms with E-state index in [0.717, 1.165) is 19.3 Å². The van der Waals surface area contributed by atoms with Crippen molar-refractivity contribution in [3.05, 3.63) is 0 Å². The molecule has 0 spiro atoms. The first-order valence-electron chi connectivity index (χ1n) is 6.97. The molecule has 0 saturated carbocycles. The Hall–Kier alpha value is -1.10. The van der Waals surface area contributed by atoms with Crippen molar-refractivity contribution >= 4 is 11.8 Å². The summed E-state index contributed by atoms with van der Waals surface area (Å²) >= 11 is 0. The van der Waals surface area contributed by atoms with Crippen molar-refractivity contribution < 1.29 is 9.59 Å². The van der Waals surface area contributed by atoms with E-state index in [1.807, 2.05) is 6.92 Å². The third kappa shape index (κ3) is 9.47. The summed E-state index contributed by atoms with van der Waals surface area (Å²) in [5.41, 5.74) is 11.3. The van der Waals surface area contributed by atoms with Gasteiger partial charge in [-0.2, -0.15) is 0 Å². The highest BCUT2D eigenvalue weighted by atomic mass is 16.2. The zero-order valence-corrected chi connectivity index (χ0v) is 12.7. The molecule has 0 heterocycles. The summed E-state index contributed by atoms with van der Waals surface area (Å²) in [5, 5.41) is 0. The minimum Gasteiger partial charge on any atom is -0.368 e. The summed E-state index contributed by atoms with van der Waals surface area (Å²) in [6.45, 7) is 8.88. The van der Waals surface area contributed by atoms with Gasteiger partial charge in [0.15, 0.2) is 0 Å². The molecule has 4 N–H and O–H groups in total. The fourth-order valence-corrected chi connectivity index (χ4v) is 2.04. The second-order valence-electron chi connectivity index (χ2n) is 6.36. The van der Waals surface area contributed by atoms with Gasteiger partial charge in [0, 0.05) is 19.0 Å². The van der Waals surface area contributed by atoms with E-state index in [-0.39, 0.29) is 30.3 Å². The maximum absolute atomic E-state index is 12.1. The second-order valence-corrected chi connectivity index (χ2v) is 6.36. The number of rotatable bonds is 8. The Bertz CT molecular complexity index is 298. The Morgan fingerprint density at radius 1 is 1.26 bits per heavy atom. The van der Waals surface area contributed by atoms with Crippen molar-refractivity contribution in [1.29, 1.82) is 0 Å². The molecule has 5 heteroatoms. The molecule has 5 nitrogen and oxygen atoms in total. The average Bonchev–Trinajstić information content (AvgIpc) is 2.20. The van der Waals surface area contributed by atoms with Crippen LogP contribution >= 0.6 is 0 Å². The summed E-state index contributed by atoms with van der Waals surface area (Å²) in [6.07, 6.45) is 2.88. The van der Waals surface area contributed by atoms with Gasteiger partial charge in [0.1, 0.15) is 0 Å². The van der Waals surface area contributed by atoms with Crippen LogP contribution in [0.25, 0.3) is 0 Å². The summed E-state index contributed by atoms with van der Waals surface area (Å²) in [7, 11) is 0. The van der Waals surface area contributed by atoms with Crippen LogP contribution in [0.2, 0.25) is 0 Å². The number of amides is 2. The number of hydrogen-bond donors (Lipinski definition) is 2. The van der Waals surface area contributed by atoms with Crippen LogP contribution in [0.4, 0.5) is 0 Å². The number of unbranched alkanes of at least 4 members (excludes halogenated alkanes) is 1. The van der Waals surface area contributed by atoms with Crippen LogP contribution in [0.1, 0.15) is 53.4 Å². The van der Waals surface area contributed by atoms with Crippen molar-refractivity contribution in [1.82, 2.24) is 4.90 Å². The maximum Gasteiger partial charge on any atom is 0.237 e. The highest BCUT2D eigenvalue weighted by Crippen LogP contribution is 2.21. The molecule has 19 heavy (non-hydrogen) atoms. The molecule has 0 aliphatic rings. The molecule has 0 aliphatic carbocycles. The number of carbonyl (C=O) groups is 2. The minimum atomic E-state index is -0.478. The lowest BCUT2D eigenvalue weighted by Gasteiger charge is -2.26. The van der Waals surface area contributed by atoms with E-state index in [1.165, 1.54) is 4.90 Å². The zero-order chi connectivity index (χ0) is 15.1. The van der Waals surface area contributed by atoms with Gasteiger partial charge >= 0.3 is 0 Å². The fraction of sp³-hybridized carbons (Fsp3) is 0.857. The van der Waals surface area contributed by atoms with Crippen molar-refractivity contribution in [3.8, 4) is 0 Å². The van der Waals surface area contributed by atoms with Gasteiger partial charge in [0.05, 0.1) is 6.54 Å². The quantitative estimate of drug-likeness (QED) is 0.696. The Balaban J connectivity index is 4.41. The standard InChI is InChI=1S/C14H29N3O2/c1-5-6-7-17(10-12(16)18)13(19)8-11(15)9-14(2,3)4/h11H,5-10,15H2,1-4H3,(H2,16,18). The Labute approximate surface area is 116 Å². The van der Waals surface area contributed by atoms with Gasteiger partial charge in [-0.15, -0.1) is 0 Å². The number of carbonyl (C=O) groups excluding carboxylic acids is 2. The molecule has 0 aromatic rings. The molecule has 1 atom stereocenters. The van der Waals surface area contributed by atoms with Crippen LogP contribution in [0, 0.1) is 5.41 Å². The Morgan fingerprint density at radius 3 is 2.26 bits per heavy atom. The molecule has 0 aromatic heterocycles. The Kier molecular flexibility index (Phi) is 7.68. The third-order valence-electron chi connectivity index (χ3n) is 2.79. The van der Waals surface area contributed by atoms with Gasteiger partial charge in [-0.1, -0.05) is 34.1 Å². The first kappa shape index (κ1) is 17.9. The maximum atomic E-state index is 12.1. The monoisotopic (exact) mass is 271 g/mol. The largest absolute Gasteiger partial charge is 0.368 e. The predicted molar refractivity (Wildman–Crippen MR) is 77.3 cm³/mol. The van der Waals surface area contributed by atoms with Gasteiger partial charge in [-0.3, -0.25) is 9.59 Å². The number of nitrogens with zero attached hydrogens (tertiary/aromatic N) is 1. The second kappa shape index (κ2) is 8.15. The molecule has 0 aliphatic heterocycles. The molecule has 1 unspecified atom stereocenters. The van der Waals surface area contributed by atoms with E-state index in [2.05, 4.69) is 20.8 Å². The molecule has 112 valence electrons. The molecule has 2 amide bonds. The van der Waals surface area contributed by atoms with E-state index in [9.17, 15) is 9.59 Å². The van der Waals surface area contributed by atoms with Gasteiger partial charge < -0.3 is 16.4 Å². The molecule has 0 radical (unpaired) electrons. The van der Waals surface area contributed by atoms with E-state index in [0.29, 0.717) is 6.54 Å². The molecular formula is C14H29N3O2. The van der Waals surface area contributed by atoms with Crippen molar-refractivity contribution in [3.63, 3.8) is 0 Å². The molecular weight excluding hydrogens is 242 g/mol. The first-order valence-corrected chi connectivity index (χ1v) is 6.97. The topological polar surface area (TPSA) is 89.4 Å². The minimum absolute atomic E-state index is 0.0128. The summed E-state index contributed by atoms with van der Waals surface area (Å²) < 4.78 is 0. The van der Waals surface area contributed by atoms with Crippen LogP contribution in [-0.2, 0) is 9.59 Å². The Morgan fingerprint density at radius 2 is 1.84 bits per heavy atom. The van der Waals surface area contributed by atoms with Gasteiger partial charge in [0.25, 0.3) is 0 Å². The van der Waals surface area contributed by atoms with E-state index >= 15 is 0 Å². The molecule has 0 fully saturated rings. The van der Waals surface area contributed by atoms with Crippen LogP contribution < -0.4 is 11.5 Å².